The maximum Gasteiger partial charge on any atom is 0.270 e. The average molecular weight is 495 g/mol. The number of carbonyl (C=O) groups is 2. The highest BCUT2D eigenvalue weighted by Gasteiger charge is 2.33. The van der Waals surface area contributed by atoms with E-state index < -0.39 is 5.82 Å². The van der Waals surface area contributed by atoms with Crippen molar-refractivity contribution in [1.29, 1.82) is 0 Å². The van der Waals surface area contributed by atoms with Crippen LogP contribution in [-0.2, 0) is 9.59 Å². The molecule has 0 aliphatic carbocycles. The second-order valence-corrected chi connectivity index (χ2v) is 8.81. The van der Waals surface area contributed by atoms with Crippen molar-refractivity contribution >= 4 is 57.6 Å². The molecule has 9 heteroatoms. The second kappa shape index (κ2) is 10.5. The lowest BCUT2D eigenvalue weighted by atomic mass is 10.2. The number of benzene rings is 3. The fourth-order valence-electron chi connectivity index (χ4n) is 3.17. The minimum absolute atomic E-state index is 0.187. The molecule has 0 spiro atoms. The number of anilines is 2. The molecular weight excluding hydrogens is 475 g/mol. The number of ether oxygens (including phenoxy) is 2. The van der Waals surface area contributed by atoms with Gasteiger partial charge in [-0.15, -0.1) is 0 Å². The van der Waals surface area contributed by atoms with E-state index in [-0.39, 0.29) is 18.4 Å². The van der Waals surface area contributed by atoms with Crippen molar-refractivity contribution in [3.05, 3.63) is 89.1 Å². The summed E-state index contributed by atoms with van der Waals surface area (Å²) in [6.07, 6.45) is 1.70. The minimum Gasteiger partial charge on any atom is -0.497 e. The molecule has 1 fully saturated rings. The van der Waals surface area contributed by atoms with Gasteiger partial charge in [0.1, 0.15) is 17.3 Å². The maximum absolute atomic E-state index is 13.2. The molecule has 0 unspecified atom stereocenters. The third-order valence-corrected chi connectivity index (χ3v) is 6.06. The number of hydrogen-bond acceptors (Lipinski definition) is 6. The Bertz CT molecular complexity index is 1280. The van der Waals surface area contributed by atoms with Crippen LogP contribution in [0.1, 0.15) is 5.56 Å². The molecule has 1 N–H and O–H groups in total. The first-order chi connectivity index (χ1) is 16.4. The van der Waals surface area contributed by atoms with Crippen LogP contribution in [0.25, 0.3) is 6.08 Å². The van der Waals surface area contributed by atoms with Gasteiger partial charge in [0.15, 0.2) is 10.9 Å². The van der Waals surface area contributed by atoms with Gasteiger partial charge in [-0.25, -0.2) is 4.39 Å². The van der Waals surface area contributed by atoms with Gasteiger partial charge < -0.3 is 14.8 Å². The first-order valence-corrected chi connectivity index (χ1v) is 11.4. The van der Waals surface area contributed by atoms with Gasteiger partial charge in [0, 0.05) is 11.8 Å². The molecule has 0 radical (unpaired) electrons. The average Bonchev–Trinajstić information content (AvgIpc) is 3.11. The lowest BCUT2D eigenvalue weighted by Gasteiger charge is -2.14. The molecule has 34 heavy (non-hydrogen) atoms. The summed E-state index contributed by atoms with van der Waals surface area (Å²) in [5, 5.41) is 2.75. The van der Waals surface area contributed by atoms with Crippen LogP contribution >= 0.6 is 24.0 Å². The summed E-state index contributed by atoms with van der Waals surface area (Å²) in [7, 11) is 1.55. The number of carbonyl (C=O) groups excluding carboxylic acids is 2. The van der Waals surface area contributed by atoms with E-state index in [1.165, 1.54) is 29.2 Å². The first kappa shape index (κ1) is 23.5. The summed E-state index contributed by atoms with van der Waals surface area (Å²) >= 11 is 6.51. The van der Waals surface area contributed by atoms with Gasteiger partial charge >= 0.3 is 0 Å². The molecule has 1 aliphatic rings. The van der Waals surface area contributed by atoms with Gasteiger partial charge in [-0.05, 0) is 60.2 Å². The molecule has 3 aromatic rings. The van der Waals surface area contributed by atoms with Crippen molar-refractivity contribution in [2.45, 2.75) is 0 Å². The number of nitrogens with one attached hydrogen (secondary N) is 1. The summed E-state index contributed by atoms with van der Waals surface area (Å²) in [5.41, 5.74) is 1.82. The molecule has 3 aromatic carbocycles. The lowest BCUT2D eigenvalue weighted by molar-refractivity contribution is -0.118. The van der Waals surface area contributed by atoms with Gasteiger partial charge in [0.05, 0.1) is 17.7 Å². The molecule has 0 saturated carbocycles. The standard InChI is InChI=1S/C25H19FN2O4S2/c1-31-20-6-3-5-18(14-20)27-23(29)15-32-21-7-2-4-16(12-21)13-22-24(30)28(25(33)34-22)19-10-8-17(26)9-11-19/h2-14H,15H2,1H3,(H,27,29)/b22-13-. The van der Waals surface area contributed by atoms with E-state index in [1.807, 2.05) is 6.07 Å². The monoisotopic (exact) mass is 494 g/mol. The van der Waals surface area contributed by atoms with Crippen molar-refractivity contribution in [3.63, 3.8) is 0 Å². The SMILES string of the molecule is COc1cccc(NC(=O)COc2cccc(/C=C3\SC(=S)N(c4ccc(F)cc4)C3=O)c2)c1. The van der Waals surface area contributed by atoms with E-state index in [9.17, 15) is 14.0 Å². The number of halogens is 1. The Labute approximate surface area is 205 Å². The normalized spacial score (nSPS) is 14.4. The van der Waals surface area contributed by atoms with Crippen molar-refractivity contribution in [3.8, 4) is 11.5 Å². The molecule has 0 aromatic heterocycles. The van der Waals surface area contributed by atoms with Crippen molar-refractivity contribution in [2.24, 2.45) is 0 Å². The van der Waals surface area contributed by atoms with Crippen LogP contribution in [0.2, 0.25) is 0 Å². The van der Waals surface area contributed by atoms with Crippen molar-refractivity contribution in [2.75, 3.05) is 23.9 Å². The predicted molar refractivity (Wildman–Crippen MR) is 136 cm³/mol. The molecular formula is C25H19FN2O4S2. The van der Waals surface area contributed by atoms with Crippen LogP contribution in [0.3, 0.4) is 0 Å². The van der Waals surface area contributed by atoms with Crippen LogP contribution < -0.4 is 19.7 Å². The minimum atomic E-state index is -0.390. The fraction of sp³-hybridized carbons (Fsp3) is 0.0800. The predicted octanol–water partition coefficient (Wildman–Crippen LogP) is 5.26. The third kappa shape index (κ3) is 5.62. The third-order valence-electron chi connectivity index (χ3n) is 4.76. The Kier molecular flexibility index (Phi) is 7.24. The second-order valence-electron chi connectivity index (χ2n) is 7.13. The van der Waals surface area contributed by atoms with Gasteiger partial charge in [0.25, 0.3) is 11.8 Å². The number of hydrogen-bond donors (Lipinski definition) is 1. The van der Waals surface area contributed by atoms with Crippen molar-refractivity contribution in [1.82, 2.24) is 0 Å². The zero-order valence-corrected chi connectivity index (χ0v) is 19.6. The van der Waals surface area contributed by atoms with Gasteiger partial charge in [-0.1, -0.05) is 42.2 Å². The van der Waals surface area contributed by atoms with E-state index in [2.05, 4.69) is 5.32 Å². The number of rotatable bonds is 7. The van der Waals surface area contributed by atoms with Crippen LogP contribution in [0, 0.1) is 5.82 Å². The highest BCUT2D eigenvalue weighted by Crippen LogP contribution is 2.36. The van der Waals surface area contributed by atoms with E-state index >= 15 is 0 Å². The Balaban J connectivity index is 1.41. The number of nitrogens with zero attached hydrogens (tertiary/aromatic N) is 1. The summed E-state index contributed by atoms with van der Waals surface area (Å²) in [6, 6.07) is 19.6. The Morgan fingerprint density at radius 1 is 1.09 bits per heavy atom. The molecule has 1 aliphatic heterocycles. The molecule has 6 nitrogen and oxygen atoms in total. The molecule has 1 heterocycles. The number of methoxy groups -OCH3 is 1. The quantitative estimate of drug-likeness (QED) is 0.357. The maximum atomic E-state index is 13.2. The number of thioether (sulfide) groups is 1. The first-order valence-electron chi connectivity index (χ1n) is 10.1. The Morgan fingerprint density at radius 2 is 1.82 bits per heavy atom. The summed E-state index contributed by atoms with van der Waals surface area (Å²) in [4.78, 5) is 26.9. The summed E-state index contributed by atoms with van der Waals surface area (Å²) in [6.45, 7) is -0.187. The van der Waals surface area contributed by atoms with E-state index in [0.717, 1.165) is 11.8 Å². The molecule has 4 rings (SSSR count). The van der Waals surface area contributed by atoms with Crippen molar-refractivity contribution < 1.29 is 23.5 Å². The van der Waals surface area contributed by atoms with Crippen LogP contribution in [0.15, 0.2) is 77.7 Å². The van der Waals surface area contributed by atoms with E-state index in [4.69, 9.17) is 21.7 Å². The molecule has 0 bridgehead atoms. The summed E-state index contributed by atoms with van der Waals surface area (Å²) < 4.78 is 24.4. The largest absolute Gasteiger partial charge is 0.497 e. The van der Waals surface area contributed by atoms with Crippen LogP contribution in [-0.4, -0.2) is 29.9 Å². The van der Waals surface area contributed by atoms with Crippen LogP contribution in [0.5, 0.6) is 11.5 Å². The zero-order valence-electron chi connectivity index (χ0n) is 18.0. The molecule has 172 valence electrons. The molecule has 1 saturated heterocycles. The molecule has 2 amide bonds. The topological polar surface area (TPSA) is 67.9 Å². The van der Waals surface area contributed by atoms with E-state index in [1.54, 1.807) is 55.7 Å². The number of thiocarbonyl (C=S) groups is 1. The highest BCUT2D eigenvalue weighted by molar-refractivity contribution is 8.27. The number of amides is 2. The zero-order chi connectivity index (χ0) is 24.1. The Hall–Kier alpha value is -3.69. The van der Waals surface area contributed by atoms with Crippen LogP contribution in [0.4, 0.5) is 15.8 Å². The van der Waals surface area contributed by atoms with Gasteiger partial charge in [-0.3, -0.25) is 14.5 Å². The fourth-order valence-corrected chi connectivity index (χ4v) is 4.47. The highest BCUT2D eigenvalue weighted by atomic mass is 32.2. The summed E-state index contributed by atoms with van der Waals surface area (Å²) in [5.74, 6) is 0.114. The van der Waals surface area contributed by atoms with Gasteiger partial charge in [0.2, 0.25) is 0 Å². The van der Waals surface area contributed by atoms with E-state index in [0.29, 0.717) is 37.7 Å². The van der Waals surface area contributed by atoms with Gasteiger partial charge in [-0.2, -0.15) is 0 Å². The Morgan fingerprint density at radius 3 is 2.59 bits per heavy atom. The lowest BCUT2D eigenvalue weighted by Crippen LogP contribution is -2.27. The smallest absolute Gasteiger partial charge is 0.270 e. The molecule has 0 atom stereocenters.